The lowest BCUT2D eigenvalue weighted by molar-refractivity contribution is -0.617. The van der Waals surface area contributed by atoms with Crippen LogP contribution in [0.1, 0.15) is 36.6 Å². The maximum absolute atomic E-state index is 12.7. The van der Waals surface area contributed by atoms with Crippen molar-refractivity contribution in [2.24, 2.45) is 7.05 Å². The monoisotopic (exact) mass is 546 g/mol. The van der Waals surface area contributed by atoms with Gasteiger partial charge >= 0.3 is 11.5 Å². The van der Waals surface area contributed by atoms with Crippen molar-refractivity contribution in [3.05, 3.63) is 89.0 Å². The Kier molecular flexibility index (Phi) is 6.68. The Hall–Kier alpha value is -4.36. The molecule has 0 bridgehead atoms. The topological polar surface area (TPSA) is 136 Å². The first-order chi connectivity index (χ1) is 17.7. The van der Waals surface area contributed by atoms with Crippen molar-refractivity contribution in [1.29, 1.82) is 0 Å². The molecule has 1 aliphatic heterocycles. The van der Waals surface area contributed by atoms with Crippen molar-refractivity contribution in [3.8, 4) is 0 Å². The summed E-state index contributed by atoms with van der Waals surface area (Å²) in [6.45, 7) is 0.0812. The number of hydrogen-bond donors (Lipinski definition) is 1. The second-order valence-corrected chi connectivity index (χ2v) is 9.62. The van der Waals surface area contributed by atoms with Gasteiger partial charge in [-0.3, -0.25) is 14.5 Å². The number of fused-ring (bicyclic) bond motifs is 3. The summed E-state index contributed by atoms with van der Waals surface area (Å²) in [5.41, 5.74) is -2.38. The van der Waals surface area contributed by atoms with Crippen molar-refractivity contribution in [2.75, 3.05) is 0 Å². The highest BCUT2D eigenvalue weighted by molar-refractivity contribution is 7.86. The molecule has 9 nitrogen and oxygen atoms in total. The molecule has 38 heavy (non-hydrogen) atoms. The zero-order chi connectivity index (χ0) is 28.0. The van der Waals surface area contributed by atoms with Crippen LogP contribution in [0.25, 0.3) is 21.8 Å². The van der Waals surface area contributed by atoms with Gasteiger partial charge in [-0.1, -0.05) is 30.3 Å². The number of alkyl halides is 3. The van der Waals surface area contributed by atoms with Gasteiger partial charge in [0.15, 0.2) is 10.1 Å². The van der Waals surface area contributed by atoms with Gasteiger partial charge in [-0.15, -0.1) is 0 Å². The van der Waals surface area contributed by atoms with Gasteiger partial charge in [0.2, 0.25) is 11.0 Å². The zero-order valence-electron chi connectivity index (χ0n) is 19.4. The fourth-order valence-electron chi connectivity index (χ4n) is 4.22. The first-order valence-corrected chi connectivity index (χ1v) is 12.2. The van der Waals surface area contributed by atoms with Crippen molar-refractivity contribution in [2.45, 2.75) is 12.1 Å². The molecule has 4 aromatic rings. The van der Waals surface area contributed by atoms with Gasteiger partial charge in [0, 0.05) is 12.1 Å². The maximum atomic E-state index is 12.7. The van der Waals surface area contributed by atoms with E-state index in [-0.39, 0.29) is 23.9 Å². The van der Waals surface area contributed by atoms with Crippen LogP contribution >= 0.6 is 0 Å². The minimum atomic E-state index is -6.09. The Morgan fingerprint density at radius 1 is 0.921 bits per heavy atom. The number of hydrogen-bond acceptors (Lipinski definition) is 6. The molecule has 0 fully saturated rings. The molecular formula is C25H17F3N2O7S. The number of carbonyl (C=O) groups excluding carboxylic acids is 2. The van der Waals surface area contributed by atoms with Crippen LogP contribution in [0.2, 0.25) is 0 Å². The van der Waals surface area contributed by atoms with Crippen LogP contribution in [0.5, 0.6) is 0 Å². The summed E-state index contributed by atoms with van der Waals surface area (Å²) in [7, 11) is -4.20. The minimum absolute atomic E-state index is 0.0812. The zero-order valence-corrected chi connectivity index (χ0v) is 20.2. The Morgan fingerprint density at radius 2 is 1.42 bits per heavy atom. The average molecular weight is 546 g/mol. The largest absolute Gasteiger partial charge is 0.741 e. The average Bonchev–Trinajstić information content (AvgIpc) is 3.08. The summed E-state index contributed by atoms with van der Waals surface area (Å²) in [5, 5.41) is 11.1. The second-order valence-electron chi connectivity index (χ2n) is 8.25. The fourth-order valence-corrected chi connectivity index (χ4v) is 4.22. The summed E-state index contributed by atoms with van der Waals surface area (Å²) < 4.78 is 60.9. The van der Waals surface area contributed by atoms with Gasteiger partial charge in [0.1, 0.15) is 7.05 Å². The van der Waals surface area contributed by atoms with E-state index in [1.807, 2.05) is 41.9 Å². The molecule has 0 spiro atoms. The number of rotatable bonds is 3. The molecule has 2 heterocycles. The number of aromatic carboxylic acids is 1. The number of aromatic nitrogens is 1. The highest BCUT2D eigenvalue weighted by Gasteiger charge is 2.37. The molecule has 0 saturated carbocycles. The standard InChI is InChI=1S/C24H16N2O4.CHF3O3S/c1-25-19-9-5-4-8-17(19)21(24(29)30)18-12-14(10-11-20(18)25)13-26-22(27)15-6-2-3-7-16(15)23(26)28;2-1(3,4)8(5,6)7/h2-12H,13H2,1H3;(H,5,6,7). The molecule has 0 aliphatic carbocycles. The van der Waals surface area contributed by atoms with Crippen LogP contribution in [-0.2, 0) is 23.7 Å². The lowest BCUT2D eigenvalue weighted by Gasteiger charge is -2.15. The van der Waals surface area contributed by atoms with Crippen LogP contribution < -0.4 is 4.57 Å². The molecule has 2 amide bonds. The number of halogens is 3. The summed E-state index contributed by atoms with van der Waals surface area (Å²) in [5.74, 6) is -1.69. The van der Waals surface area contributed by atoms with E-state index in [0.29, 0.717) is 27.5 Å². The number of carboxylic acids is 1. The Bertz CT molecular complexity index is 1720. The first kappa shape index (κ1) is 26.7. The highest BCUT2D eigenvalue weighted by atomic mass is 32.2. The summed E-state index contributed by atoms with van der Waals surface area (Å²) in [6.07, 6.45) is 0. The quantitative estimate of drug-likeness (QED) is 0.137. The summed E-state index contributed by atoms with van der Waals surface area (Å²) >= 11 is 0. The third kappa shape index (κ3) is 4.68. The molecule has 1 aliphatic rings. The number of benzene rings is 3. The van der Waals surface area contributed by atoms with Crippen molar-refractivity contribution in [1.82, 2.24) is 4.90 Å². The summed E-state index contributed by atoms with van der Waals surface area (Å²) in [6, 6.07) is 19.5. The molecule has 0 saturated heterocycles. The van der Waals surface area contributed by atoms with E-state index in [1.165, 1.54) is 4.90 Å². The molecule has 0 atom stereocenters. The second kappa shape index (κ2) is 9.50. The van der Waals surface area contributed by atoms with Crippen LogP contribution in [0.3, 0.4) is 0 Å². The molecule has 1 aromatic heterocycles. The predicted molar refractivity (Wildman–Crippen MR) is 126 cm³/mol. The van der Waals surface area contributed by atoms with E-state index in [9.17, 15) is 32.7 Å². The van der Waals surface area contributed by atoms with Gasteiger partial charge < -0.3 is 9.66 Å². The number of nitrogens with zero attached hydrogens (tertiary/aromatic N) is 2. The van der Waals surface area contributed by atoms with Crippen LogP contribution in [-0.4, -0.2) is 46.3 Å². The number of pyridine rings is 1. The third-order valence-corrected chi connectivity index (χ3v) is 6.51. The number of imide groups is 1. The van der Waals surface area contributed by atoms with E-state index in [2.05, 4.69) is 0 Å². The van der Waals surface area contributed by atoms with E-state index >= 15 is 0 Å². The number of carboxylic acid groups (broad SMARTS) is 1. The van der Waals surface area contributed by atoms with E-state index in [4.69, 9.17) is 13.0 Å². The van der Waals surface area contributed by atoms with Gasteiger partial charge in [0.25, 0.3) is 11.8 Å². The molecule has 3 aromatic carbocycles. The Labute approximate surface area is 213 Å². The molecule has 196 valence electrons. The SMILES string of the molecule is C[n+]1c2ccccc2c(C(=O)O)c2cc(CN3C(=O)c4ccccc4C3=O)ccc21.O=S(=O)([O-])C(F)(F)F. The molecular weight excluding hydrogens is 529 g/mol. The number of carbonyl (C=O) groups is 3. The molecule has 0 unspecified atom stereocenters. The molecule has 13 heteroatoms. The lowest BCUT2D eigenvalue weighted by Crippen LogP contribution is -2.32. The van der Waals surface area contributed by atoms with Gasteiger partial charge in [-0.05, 0) is 29.8 Å². The maximum Gasteiger partial charge on any atom is 0.485 e. The molecule has 1 N–H and O–H groups in total. The molecule has 5 rings (SSSR count). The van der Waals surface area contributed by atoms with Gasteiger partial charge in [-0.25, -0.2) is 13.2 Å². The van der Waals surface area contributed by atoms with Crippen LogP contribution in [0.15, 0.2) is 66.7 Å². The van der Waals surface area contributed by atoms with Crippen molar-refractivity contribution >= 4 is 49.7 Å². The minimum Gasteiger partial charge on any atom is -0.741 e. The van der Waals surface area contributed by atoms with Gasteiger partial charge in [0.05, 0.1) is 34.0 Å². The fraction of sp³-hybridized carbons (Fsp3) is 0.120. The number of aryl methyl sites for hydroxylation is 1. The lowest BCUT2D eigenvalue weighted by atomic mass is 10.00. The summed E-state index contributed by atoms with van der Waals surface area (Å²) in [4.78, 5) is 38.7. The van der Waals surface area contributed by atoms with Crippen LogP contribution in [0.4, 0.5) is 13.2 Å². The smallest absolute Gasteiger partial charge is 0.485 e. The number of amides is 2. The molecule has 0 radical (unpaired) electrons. The van der Waals surface area contributed by atoms with Crippen molar-refractivity contribution in [3.63, 3.8) is 0 Å². The Morgan fingerprint density at radius 3 is 1.95 bits per heavy atom. The van der Waals surface area contributed by atoms with Crippen LogP contribution in [0, 0.1) is 0 Å². The van der Waals surface area contributed by atoms with Crippen molar-refractivity contribution < 1.29 is 50.2 Å². The number of para-hydroxylation sites is 1. The third-order valence-electron chi connectivity index (χ3n) is 5.94. The van der Waals surface area contributed by atoms with E-state index in [1.54, 1.807) is 36.4 Å². The predicted octanol–water partition coefficient (Wildman–Crippen LogP) is 3.36. The first-order valence-electron chi connectivity index (χ1n) is 10.8. The normalized spacial score (nSPS) is 13.4. The van der Waals surface area contributed by atoms with E-state index in [0.717, 1.165) is 11.0 Å². The Balaban J connectivity index is 0.000000368. The van der Waals surface area contributed by atoms with Gasteiger partial charge in [-0.2, -0.15) is 17.7 Å². The van der Waals surface area contributed by atoms with E-state index < -0.39 is 21.6 Å². The highest BCUT2D eigenvalue weighted by Crippen LogP contribution is 2.28.